The Bertz CT molecular complexity index is 788. The summed E-state index contributed by atoms with van der Waals surface area (Å²) >= 11 is 0. The Balaban J connectivity index is 1.74. The van der Waals surface area contributed by atoms with E-state index >= 15 is 0 Å². The van der Waals surface area contributed by atoms with E-state index in [1.165, 1.54) is 0 Å². The van der Waals surface area contributed by atoms with Gasteiger partial charge in [0.1, 0.15) is 17.5 Å². The molecule has 0 spiro atoms. The molecule has 3 rings (SSSR count). The van der Waals surface area contributed by atoms with Gasteiger partial charge in [-0.2, -0.15) is 5.10 Å². The second kappa shape index (κ2) is 8.24. The van der Waals surface area contributed by atoms with Crippen molar-refractivity contribution >= 4 is 11.8 Å². The number of para-hydroxylation sites is 1. The molecule has 0 bridgehead atoms. The molecule has 2 heterocycles. The van der Waals surface area contributed by atoms with E-state index in [0.29, 0.717) is 25.2 Å². The van der Waals surface area contributed by atoms with E-state index < -0.39 is 0 Å². The van der Waals surface area contributed by atoms with Gasteiger partial charge in [-0.05, 0) is 32.0 Å². The van der Waals surface area contributed by atoms with Gasteiger partial charge in [0.15, 0.2) is 0 Å². The van der Waals surface area contributed by atoms with Gasteiger partial charge < -0.3 is 15.4 Å². The molecule has 0 aliphatic carbocycles. The molecule has 0 radical (unpaired) electrons. The number of amides is 2. The van der Waals surface area contributed by atoms with Crippen LogP contribution in [0.1, 0.15) is 43.2 Å². The van der Waals surface area contributed by atoms with Crippen molar-refractivity contribution in [3.05, 3.63) is 48.3 Å². The number of aromatic nitrogens is 2. The normalized spacial score (nSPS) is 19.9. The summed E-state index contributed by atoms with van der Waals surface area (Å²) in [6, 6.07) is 11.3. The summed E-state index contributed by atoms with van der Waals surface area (Å²) in [5.41, 5.74) is 6.01. The minimum Gasteiger partial charge on any atom is -0.490 e. The first-order valence-electron chi connectivity index (χ1n) is 9.28. The Morgan fingerprint density at radius 2 is 2.00 bits per heavy atom. The van der Waals surface area contributed by atoms with E-state index in [0.717, 1.165) is 5.75 Å². The molecule has 144 valence electrons. The Morgan fingerprint density at radius 1 is 1.26 bits per heavy atom. The van der Waals surface area contributed by atoms with Gasteiger partial charge in [0.05, 0.1) is 0 Å². The fraction of sp³-hybridized carbons (Fsp3) is 0.450. The number of rotatable bonds is 6. The second-order valence-electron chi connectivity index (χ2n) is 7.19. The maximum atomic E-state index is 13.0. The highest BCUT2D eigenvalue weighted by molar-refractivity contribution is 5.92. The van der Waals surface area contributed by atoms with Crippen LogP contribution < -0.4 is 10.5 Å². The predicted octanol–water partition coefficient (Wildman–Crippen LogP) is 2.25. The van der Waals surface area contributed by atoms with Gasteiger partial charge in [0, 0.05) is 44.1 Å². The first-order valence-corrected chi connectivity index (χ1v) is 9.28. The summed E-state index contributed by atoms with van der Waals surface area (Å²) in [4.78, 5) is 26.3. The van der Waals surface area contributed by atoms with Crippen LogP contribution in [0.2, 0.25) is 0 Å². The molecule has 1 aliphatic rings. The van der Waals surface area contributed by atoms with Gasteiger partial charge in [-0.1, -0.05) is 18.2 Å². The summed E-state index contributed by atoms with van der Waals surface area (Å²) in [6.45, 7) is 4.97. The lowest BCUT2D eigenvalue weighted by atomic mass is 9.91. The van der Waals surface area contributed by atoms with E-state index in [2.05, 4.69) is 5.10 Å². The van der Waals surface area contributed by atoms with Crippen LogP contribution in [0, 0.1) is 5.92 Å². The first kappa shape index (κ1) is 18.9. The molecule has 0 saturated carbocycles. The van der Waals surface area contributed by atoms with Gasteiger partial charge in [-0.15, -0.1) is 0 Å². The smallest absolute Gasteiger partial charge is 0.272 e. The Labute approximate surface area is 159 Å². The fourth-order valence-electron chi connectivity index (χ4n) is 3.54. The zero-order valence-electron chi connectivity index (χ0n) is 15.7. The van der Waals surface area contributed by atoms with E-state index in [1.807, 2.05) is 44.2 Å². The molecule has 0 unspecified atom stereocenters. The van der Waals surface area contributed by atoms with Crippen LogP contribution in [0.15, 0.2) is 42.6 Å². The van der Waals surface area contributed by atoms with Gasteiger partial charge in [0.25, 0.3) is 5.91 Å². The number of likely N-dealkylation sites (tertiary alicyclic amines) is 1. The van der Waals surface area contributed by atoms with E-state index in [4.69, 9.17) is 10.5 Å². The predicted molar refractivity (Wildman–Crippen MR) is 101 cm³/mol. The van der Waals surface area contributed by atoms with Crippen molar-refractivity contribution in [2.24, 2.45) is 11.7 Å². The molecule has 1 saturated heterocycles. The lowest BCUT2D eigenvalue weighted by molar-refractivity contribution is -0.120. The largest absolute Gasteiger partial charge is 0.490 e. The van der Waals surface area contributed by atoms with Crippen molar-refractivity contribution in [1.82, 2.24) is 14.7 Å². The number of hydrogen-bond donors (Lipinski definition) is 1. The first-order chi connectivity index (χ1) is 13.0. The standard InChI is InChI=1S/C20H26N4O3/c1-14(2)24-17(8-10-22-24)20(26)23-11-9-18(15(13-23)12-19(21)25)27-16-6-4-3-5-7-16/h3-8,10,14-15,18H,9,11-13H2,1-2H3,(H2,21,25)/t15-,18-/m0/s1. The topological polar surface area (TPSA) is 90.4 Å². The number of nitrogens with zero attached hydrogens (tertiary/aromatic N) is 3. The third-order valence-corrected chi connectivity index (χ3v) is 4.82. The zero-order valence-corrected chi connectivity index (χ0v) is 15.7. The molecule has 1 aromatic carbocycles. The SMILES string of the molecule is CC(C)n1nccc1C(=O)N1CC[C@H](Oc2ccccc2)[C@@H](CC(N)=O)C1. The van der Waals surface area contributed by atoms with Crippen molar-refractivity contribution in [3.63, 3.8) is 0 Å². The van der Waals surface area contributed by atoms with Gasteiger partial charge in [-0.3, -0.25) is 14.3 Å². The maximum absolute atomic E-state index is 13.0. The third-order valence-electron chi connectivity index (χ3n) is 4.82. The van der Waals surface area contributed by atoms with E-state index in [9.17, 15) is 9.59 Å². The van der Waals surface area contributed by atoms with Crippen molar-refractivity contribution in [2.75, 3.05) is 13.1 Å². The van der Waals surface area contributed by atoms with Crippen LogP contribution in [0.3, 0.4) is 0 Å². The number of hydrogen-bond acceptors (Lipinski definition) is 4. The summed E-state index contributed by atoms with van der Waals surface area (Å²) < 4.78 is 7.81. The van der Waals surface area contributed by atoms with Gasteiger partial charge in [-0.25, -0.2) is 0 Å². The number of nitrogens with two attached hydrogens (primary N) is 1. The van der Waals surface area contributed by atoms with Crippen molar-refractivity contribution in [3.8, 4) is 5.75 Å². The Hall–Kier alpha value is -2.83. The molecule has 2 atom stereocenters. The van der Waals surface area contributed by atoms with Crippen LogP contribution in [0.4, 0.5) is 0 Å². The lowest BCUT2D eigenvalue weighted by Gasteiger charge is -2.38. The minimum atomic E-state index is -0.386. The molecular weight excluding hydrogens is 344 g/mol. The Morgan fingerprint density at radius 3 is 2.67 bits per heavy atom. The number of benzene rings is 1. The quantitative estimate of drug-likeness (QED) is 0.844. The van der Waals surface area contributed by atoms with Gasteiger partial charge in [0.2, 0.25) is 5.91 Å². The molecule has 1 fully saturated rings. The molecule has 27 heavy (non-hydrogen) atoms. The summed E-state index contributed by atoms with van der Waals surface area (Å²) in [5.74, 6) is 0.155. The molecule has 2 aromatic rings. The van der Waals surface area contributed by atoms with Crippen LogP contribution in [0.5, 0.6) is 5.75 Å². The molecular formula is C20H26N4O3. The molecule has 1 aromatic heterocycles. The van der Waals surface area contributed by atoms with E-state index in [-0.39, 0.29) is 36.3 Å². The monoisotopic (exact) mass is 370 g/mol. The molecule has 2 N–H and O–H groups in total. The number of piperidine rings is 1. The summed E-state index contributed by atoms with van der Waals surface area (Å²) in [5, 5.41) is 4.24. The highest BCUT2D eigenvalue weighted by atomic mass is 16.5. The highest BCUT2D eigenvalue weighted by Gasteiger charge is 2.35. The average molecular weight is 370 g/mol. The Kier molecular flexibility index (Phi) is 5.78. The lowest BCUT2D eigenvalue weighted by Crippen LogP contribution is -2.49. The van der Waals surface area contributed by atoms with Crippen LogP contribution in [-0.2, 0) is 4.79 Å². The molecule has 2 amide bonds. The number of carbonyl (C=O) groups excluding carboxylic acids is 2. The number of ether oxygens (including phenoxy) is 1. The molecule has 7 heteroatoms. The highest BCUT2D eigenvalue weighted by Crippen LogP contribution is 2.26. The van der Waals surface area contributed by atoms with Crippen molar-refractivity contribution in [1.29, 1.82) is 0 Å². The van der Waals surface area contributed by atoms with E-state index in [1.54, 1.807) is 21.8 Å². The zero-order chi connectivity index (χ0) is 19.4. The molecule has 1 aliphatic heterocycles. The van der Waals surface area contributed by atoms with Gasteiger partial charge >= 0.3 is 0 Å². The summed E-state index contributed by atoms with van der Waals surface area (Å²) in [6.07, 6.45) is 2.32. The van der Waals surface area contributed by atoms with Crippen molar-refractivity contribution < 1.29 is 14.3 Å². The van der Waals surface area contributed by atoms with Crippen LogP contribution in [0.25, 0.3) is 0 Å². The fourth-order valence-corrected chi connectivity index (χ4v) is 3.54. The van der Waals surface area contributed by atoms with Crippen LogP contribution >= 0.6 is 0 Å². The van der Waals surface area contributed by atoms with Crippen LogP contribution in [-0.4, -0.2) is 45.7 Å². The third kappa shape index (κ3) is 4.48. The average Bonchev–Trinajstić information content (AvgIpc) is 3.13. The summed E-state index contributed by atoms with van der Waals surface area (Å²) in [7, 11) is 0. The molecule has 7 nitrogen and oxygen atoms in total. The number of carbonyl (C=O) groups is 2. The second-order valence-corrected chi connectivity index (χ2v) is 7.19. The van der Waals surface area contributed by atoms with Crippen molar-refractivity contribution in [2.45, 2.75) is 38.8 Å². The minimum absolute atomic E-state index is 0.0752. The number of primary amides is 1. The maximum Gasteiger partial charge on any atom is 0.272 e.